The molecule has 0 spiro atoms. The Hall–Kier alpha value is -0.740. The van der Waals surface area contributed by atoms with Crippen molar-refractivity contribution in [2.45, 2.75) is 18.1 Å². The Labute approximate surface area is 96.8 Å². The Morgan fingerprint density at radius 2 is 2.40 bits per heavy atom. The molecule has 1 aliphatic heterocycles. The van der Waals surface area contributed by atoms with Gasteiger partial charge in [0.05, 0.1) is 5.25 Å². The van der Waals surface area contributed by atoms with Crippen LogP contribution in [0.2, 0.25) is 5.15 Å². The van der Waals surface area contributed by atoms with E-state index in [1.165, 1.54) is 18.6 Å². The van der Waals surface area contributed by atoms with Gasteiger partial charge in [-0.2, -0.15) is 11.8 Å². The fourth-order valence-electron chi connectivity index (χ4n) is 1.81. The fraction of sp³-hybridized carbons (Fsp3) is 0.400. The van der Waals surface area contributed by atoms with Crippen molar-refractivity contribution in [3.8, 4) is 0 Å². The van der Waals surface area contributed by atoms with E-state index in [9.17, 15) is 0 Å². The van der Waals surface area contributed by atoms with Crippen molar-refractivity contribution >= 4 is 29.0 Å². The summed E-state index contributed by atoms with van der Waals surface area (Å²) in [5.41, 5.74) is 0.838. The van der Waals surface area contributed by atoms with Gasteiger partial charge in [0, 0.05) is 0 Å². The molecule has 0 N–H and O–H groups in total. The van der Waals surface area contributed by atoms with Gasteiger partial charge in [-0.1, -0.05) is 17.7 Å². The zero-order valence-electron chi connectivity index (χ0n) is 8.06. The number of hydrogen-bond donors (Lipinski definition) is 0. The van der Waals surface area contributed by atoms with Crippen molar-refractivity contribution in [1.82, 2.24) is 14.6 Å². The van der Waals surface area contributed by atoms with Gasteiger partial charge in [-0.15, -0.1) is 5.10 Å². The molecule has 0 radical (unpaired) electrons. The number of aromatic nitrogens is 3. The van der Waals surface area contributed by atoms with Gasteiger partial charge < -0.3 is 0 Å². The summed E-state index contributed by atoms with van der Waals surface area (Å²) in [6.45, 7) is 0. The summed E-state index contributed by atoms with van der Waals surface area (Å²) in [6.07, 6.45) is 2.44. The minimum Gasteiger partial charge on any atom is -0.211 e. The minimum absolute atomic E-state index is 0.459. The molecule has 2 aromatic rings. The van der Waals surface area contributed by atoms with Crippen molar-refractivity contribution in [1.29, 1.82) is 0 Å². The second-order valence-electron chi connectivity index (χ2n) is 3.59. The number of pyridine rings is 1. The van der Waals surface area contributed by atoms with Gasteiger partial charge in [-0.05, 0) is 30.7 Å². The molecular weight excluding hydrogens is 230 g/mol. The number of thioether (sulfide) groups is 1. The maximum Gasteiger partial charge on any atom is 0.164 e. The molecule has 3 nitrogen and oxygen atoms in total. The van der Waals surface area contributed by atoms with Gasteiger partial charge in [-0.3, -0.25) is 0 Å². The first-order chi connectivity index (χ1) is 7.34. The largest absolute Gasteiger partial charge is 0.211 e. The third-order valence-electron chi connectivity index (χ3n) is 2.55. The summed E-state index contributed by atoms with van der Waals surface area (Å²) >= 11 is 7.97. The lowest BCUT2D eigenvalue weighted by atomic mass is 10.2. The lowest BCUT2D eigenvalue weighted by molar-refractivity contribution is 0.770. The smallest absolute Gasteiger partial charge is 0.164 e. The fourth-order valence-corrected chi connectivity index (χ4v) is 3.20. The van der Waals surface area contributed by atoms with Crippen molar-refractivity contribution in [3.63, 3.8) is 0 Å². The van der Waals surface area contributed by atoms with Crippen LogP contribution in [0.1, 0.15) is 23.9 Å². The summed E-state index contributed by atoms with van der Waals surface area (Å²) < 4.78 is 1.70. The molecule has 78 valence electrons. The second-order valence-corrected chi connectivity index (χ2v) is 5.29. The number of rotatable bonds is 1. The Balaban J connectivity index is 2.09. The maximum absolute atomic E-state index is 6.03. The quantitative estimate of drug-likeness (QED) is 0.717. The molecule has 3 heterocycles. The highest BCUT2D eigenvalue weighted by atomic mass is 35.5. The second kappa shape index (κ2) is 3.68. The van der Waals surface area contributed by atoms with Crippen LogP contribution in [0.15, 0.2) is 18.2 Å². The third kappa shape index (κ3) is 1.62. The van der Waals surface area contributed by atoms with Gasteiger partial charge in [0.25, 0.3) is 0 Å². The Morgan fingerprint density at radius 1 is 1.47 bits per heavy atom. The van der Waals surface area contributed by atoms with Crippen LogP contribution in [0.3, 0.4) is 0 Å². The molecule has 0 amide bonds. The van der Waals surface area contributed by atoms with Gasteiger partial charge in [0.1, 0.15) is 5.15 Å². The molecule has 1 saturated heterocycles. The van der Waals surface area contributed by atoms with E-state index in [2.05, 4.69) is 10.1 Å². The summed E-state index contributed by atoms with van der Waals surface area (Å²) in [5, 5.41) is 5.53. The highest BCUT2D eigenvalue weighted by Gasteiger charge is 2.22. The average molecular weight is 240 g/mol. The summed E-state index contributed by atoms with van der Waals surface area (Å²) in [6, 6.07) is 5.66. The first-order valence-electron chi connectivity index (χ1n) is 4.97. The van der Waals surface area contributed by atoms with Crippen molar-refractivity contribution in [3.05, 3.63) is 29.2 Å². The van der Waals surface area contributed by atoms with Gasteiger partial charge >= 0.3 is 0 Å². The Bertz CT molecular complexity index is 490. The van der Waals surface area contributed by atoms with Gasteiger partial charge in [0.15, 0.2) is 11.5 Å². The molecule has 2 aromatic heterocycles. The summed E-state index contributed by atoms with van der Waals surface area (Å²) in [5.74, 6) is 2.14. The number of halogens is 1. The third-order valence-corrected chi connectivity index (χ3v) is 4.21. The van der Waals surface area contributed by atoms with E-state index in [-0.39, 0.29) is 0 Å². The monoisotopic (exact) mass is 239 g/mol. The molecule has 1 aliphatic rings. The number of nitrogens with zero attached hydrogens (tertiary/aromatic N) is 3. The van der Waals surface area contributed by atoms with E-state index in [0.717, 1.165) is 11.5 Å². The molecule has 3 rings (SSSR count). The number of fused-ring (bicyclic) bond motifs is 1. The van der Waals surface area contributed by atoms with E-state index in [1.807, 2.05) is 30.0 Å². The minimum atomic E-state index is 0.459. The van der Waals surface area contributed by atoms with Crippen molar-refractivity contribution in [2.75, 3.05) is 5.75 Å². The predicted molar refractivity (Wildman–Crippen MR) is 62.4 cm³/mol. The van der Waals surface area contributed by atoms with E-state index in [4.69, 9.17) is 11.6 Å². The van der Waals surface area contributed by atoms with Crippen LogP contribution in [-0.4, -0.2) is 20.4 Å². The van der Waals surface area contributed by atoms with Crippen LogP contribution in [0.4, 0.5) is 0 Å². The lowest BCUT2D eigenvalue weighted by Crippen LogP contribution is -1.93. The van der Waals surface area contributed by atoms with Gasteiger partial charge in [-0.25, -0.2) is 9.50 Å². The van der Waals surface area contributed by atoms with Crippen LogP contribution in [0.5, 0.6) is 0 Å². The SMILES string of the molecule is Clc1cccc2nc(C3CCCS3)nn12. The van der Waals surface area contributed by atoms with Crippen molar-refractivity contribution in [2.24, 2.45) is 0 Å². The van der Waals surface area contributed by atoms with E-state index in [1.54, 1.807) is 4.52 Å². The Kier molecular flexibility index (Phi) is 2.33. The van der Waals surface area contributed by atoms with Crippen LogP contribution in [0, 0.1) is 0 Å². The molecule has 0 saturated carbocycles. The molecule has 15 heavy (non-hydrogen) atoms. The molecule has 5 heteroatoms. The summed E-state index contributed by atoms with van der Waals surface area (Å²) in [7, 11) is 0. The summed E-state index contributed by atoms with van der Waals surface area (Å²) in [4.78, 5) is 4.50. The molecule has 0 aromatic carbocycles. The van der Waals surface area contributed by atoms with E-state index >= 15 is 0 Å². The highest BCUT2D eigenvalue weighted by Crippen LogP contribution is 2.38. The molecule has 1 fully saturated rings. The first kappa shape index (κ1) is 9.48. The normalized spacial score (nSPS) is 21.3. The predicted octanol–water partition coefficient (Wildman–Crippen LogP) is 2.95. The average Bonchev–Trinajstić information content (AvgIpc) is 2.86. The molecule has 1 atom stereocenters. The zero-order chi connectivity index (χ0) is 10.3. The highest BCUT2D eigenvalue weighted by molar-refractivity contribution is 7.99. The maximum atomic E-state index is 6.03. The van der Waals surface area contributed by atoms with Crippen LogP contribution >= 0.6 is 23.4 Å². The van der Waals surface area contributed by atoms with Crippen LogP contribution < -0.4 is 0 Å². The zero-order valence-corrected chi connectivity index (χ0v) is 9.63. The molecule has 0 aliphatic carbocycles. The van der Waals surface area contributed by atoms with Crippen LogP contribution in [0.25, 0.3) is 5.65 Å². The van der Waals surface area contributed by atoms with Crippen LogP contribution in [-0.2, 0) is 0 Å². The lowest BCUT2D eigenvalue weighted by Gasteiger charge is -1.99. The van der Waals surface area contributed by atoms with Crippen molar-refractivity contribution < 1.29 is 0 Å². The van der Waals surface area contributed by atoms with E-state index < -0.39 is 0 Å². The topological polar surface area (TPSA) is 30.2 Å². The molecule has 1 unspecified atom stereocenters. The molecule has 0 bridgehead atoms. The number of hydrogen-bond acceptors (Lipinski definition) is 3. The van der Waals surface area contributed by atoms with E-state index in [0.29, 0.717) is 10.4 Å². The van der Waals surface area contributed by atoms with Gasteiger partial charge in [0.2, 0.25) is 0 Å². The Morgan fingerprint density at radius 3 is 3.13 bits per heavy atom. The molecular formula is C10H10ClN3S. The first-order valence-corrected chi connectivity index (χ1v) is 6.40. The standard InChI is InChI=1S/C10H10ClN3S/c11-8-4-1-5-9-12-10(13-14(8)9)7-3-2-6-15-7/h1,4-5,7H,2-3,6H2.